The molecule has 182 valence electrons. The molecule has 35 heavy (non-hydrogen) atoms. The molecule has 3 aromatic heterocycles. The van der Waals surface area contributed by atoms with Crippen molar-refractivity contribution < 1.29 is 14.3 Å². The molecule has 4 aliphatic carbocycles. The van der Waals surface area contributed by atoms with Crippen LogP contribution < -0.4 is 21.5 Å². The van der Waals surface area contributed by atoms with E-state index >= 15 is 0 Å². The number of pyridine rings is 2. The number of anilines is 3. The molecular formula is C24H27N7O4. The molecule has 0 aromatic carbocycles. The maximum Gasteiger partial charge on any atom is 0.328 e. The van der Waals surface area contributed by atoms with Gasteiger partial charge in [0.25, 0.3) is 5.56 Å². The second kappa shape index (κ2) is 7.05. The van der Waals surface area contributed by atoms with E-state index in [-0.39, 0.29) is 34.9 Å². The summed E-state index contributed by atoms with van der Waals surface area (Å²) in [5.74, 6) is 0.447. The number of fused-ring (bicyclic) bond motifs is 4. The third-order valence-corrected chi connectivity index (χ3v) is 8.21. The van der Waals surface area contributed by atoms with Crippen molar-refractivity contribution in [3.8, 4) is 0 Å². The van der Waals surface area contributed by atoms with Crippen molar-refractivity contribution in [3.05, 3.63) is 40.6 Å². The highest BCUT2D eigenvalue weighted by Gasteiger charge is 2.70. The summed E-state index contributed by atoms with van der Waals surface area (Å²) in [5.41, 5.74) is 2.62. The first-order valence-corrected chi connectivity index (χ1v) is 12.0. The molecule has 5 aliphatic rings. The Balaban J connectivity index is 1.37. The Morgan fingerprint density at radius 2 is 2.06 bits per heavy atom. The van der Waals surface area contributed by atoms with E-state index in [9.17, 15) is 9.59 Å². The summed E-state index contributed by atoms with van der Waals surface area (Å²) < 4.78 is 15.1. The lowest BCUT2D eigenvalue weighted by Crippen LogP contribution is -2.74. The number of hydrogen-bond donors (Lipinski definition) is 3. The number of rotatable bonds is 3. The number of hydrogen-bond acceptors (Lipinski definition) is 8. The summed E-state index contributed by atoms with van der Waals surface area (Å²) >= 11 is 0. The summed E-state index contributed by atoms with van der Waals surface area (Å²) in [7, 11) is 3.53. The summed E-state index contributed by atoms with van der Waals surface area (Å²) in [5, 5.41) is 9.40. The first kappa shape index (κ1) is 20.9. The van der Waals surface area contributed by atoms with E-state index in [1.165, 1.54) is 10.9 Å². The minimum Gasteiger partial charge on any atom is -0.386 e. The van der Waals surface area contributed by atoms with Gasteiger partial charge in [-0.25, -0.2) is 19.3 Å². The van der Waals surface area contributed by atoms with E-state index in [1.807, 2.05) is 16.8 Å². The zero-order valence-corrected chi connectivity index (χ0v) is 19.6. The van der Waals surface area contributed by atoms with Crippen molar-refractivity contribution in [3.63, 3.8) is 0 Å². The van der Waals surface area contributed by atoms with Crippen molar-refractivity contribution in [2.45, 2.75) is 62.0 Å². The standard InChI is InChI=1S/C24H27N7O4/c1-25-15-6-18-27-16-5-13(7-31(21(16)32)23-9-24(10-23,11-23)34-2)8-35-17-4-3-14(17)28-22(33)30-12-26-19(15)20(30)29-18/h5-7,12,14,17H,3-4,8-11H2,1-2H3,(H,28,33)(H2,25,27,29)/t14-,17-,23?,24?/m1/s1. The fraction of sp³-hybridized carbons (Fsp3) is 0.500. The minimum absolute atomic E-state index is 0.0827. The molecule has 1 aliphatic heterocycles. The fourth-order valence-electron chi connectivity index (χ4n) is 6.07. The van der Waals surface area contributed by atoms with E-state index in [4.69, 9.17) is 9.47 Å². The smallest absolute Gasteiger partial charge is 0.328 e. The number of nitrogens with zero attached hydrogens (tertiary/aromatic N) is 4. The largest absolute Gasteiger partial charge is 0.386 e. The highest BCUT2D eigenvalue weighted by Crippen LogP contribution is 2.66. The van der Waals surface area contributed by atoms with Gasteiger partial charge < -0.3 is 30.0 Å². The average Bonchev–Trinajstić information content (AvgIpc) is 3.21. The molecule has 1 amide bonds. The normalized spacial score (nSPS) is 30.7. The Morgan fingerprint density at radius 3 is 2.77 bits per heavy atom. The number of carbonyl (C=O) groups is 1. The predicted octanol–water partition coefficient (Wildman–Crippen LogP) is 2.28. The van der Waals surface area contributed by atoms with E-state index < -0.39 is 0 Å². The Hall–Kier alpha value is -3.44. The number of methoxy groups -OCH3 is 1. The first-order valence-electron chi connectivity index (χ1n) is 12.0. The van der Waals surface area contributed by atoms with Gasteiger partial charge in [0.1, 0.15) is 23.3 Å². The number of nitrogens with one attached hydrogen (secondary N) is 3. The molecular weight excluding hydrogens is 450 g/mol. The van der Waals surface area contributed by atoms with Crippen LogP contribution in [-0.4, -0.2) is 57.0 Å². The molecule has 0 radical (unpaired) electrons. The van der Waals surface area contributed by atoms with E-state index in [0.29, 0.717) is 35.0 Å². The maximum absolute atomic E-state index is 13.6. The molecule has 11 heteroatoms. The van der Waals surface area contributed by atoms with Crippen molar-refractivity contribution in [2.75, 3.05) is 24.8 Å². The van der Waals surface area contributed by atoms with Gasteiger partial charge in [0.05, 0.1) is 35.6 Å². The van der Waals surface area contributed by atoms with Crippen molar-refractivity contribution in [1.29, 1.82) is 0 Å². The van der Waals surface area contributed by atoms with E-state index in [2.05, 4.69) is 25.9 Å². The van der Waals surface area contributed by atoms with Crippen LogP contribution in [0.1, 0.15) is 37.7 Å². The van der Waals surface area contributed by atoms with Crippen molar-refractivity contribution in [2.24, 2.45) is 0 Å². The van der Waals surface area contributed by atoms with Gasteiger partial charge in [0.2, 0.25) is 0 Å². The third-order valence-electron chi connectivity index (χ3n) is 8.21. The molecule has 2 atom stereocenters. The molecule has 4 heterocycles. The zero-order chi connectivity index (χ0) is 23.9. The summed E-state index contributed by atoms with van der Waals surface area (Å²) in [6.45, 7) is 0.349. The van der Waals surface area contributed by atoms with Crippen LogP contribution in [0, 0.1) is 0 Å². The molecule has 11 nitrogen and oxygen atoms in total. The Bertz CT molecular complexity index is 1420. The number of carbonyl (C=O) groups excluding carboxylic acids is 1. The fourth-order valence-corrected chi connectivity index (χ4v) is 6.07. The quantitative estimate of drug-likeness (QED) is 0.525. The maximum atomic E-state index is 13.6. The van der Waals surface area contributed by atoms with Crippen molar-refractivity contribution in [1.82, 2.24) is 24.4 Å². The predicted molar refractivity (Wildman–Crippen MR) is 128 cm³/mol. The van der Waals surface area contributed by atoms with Gasteiger partial charge in [0, 0.05) is 45.7 Å². The van der Waals surface area contributed by atoms with Gasteiger partial charge >= 0.3 is 6.03 Å². The average molecular weight is 478 g/mol. The van der Waals surface area contributed by atoms with Gasteiger partial charge in [-0.3, -0.25) is 4.79 Å². The van der Waals surface area contributed by atoms with Gasteiger partial charge in [-0.2, -0.15) is 0 Å². The highest BCUT2D eigenvalue weighted by molar-refractivity contribution is 5.94. The van der Waals surface area contributed by atoms with Crippen LogP contribution >= 0.6 is 0 Å². The van der Waals surface area contributed by atoms with Gasteiger partial charge in [-0.05, 0) is 24.5 Å². The SMILES string of the molecule is CNc1cc2nc3c1ncn3C(=O)N[C@@H]1CC[C@H]1OCc1cc(c(=O)n(C34CC(OC)(C3)C4)c1)N2. The molecule has 0 spiro atoms. The first-order chi connectivity index (χ1) is 16.9. The molecule has 6 bridgehead atoms. The molecule has 8 rings (SSSR count). The Kier molecular flexibility index (Phi) is 4.21. The lowest BCUT2D eigenvalue weighted by molar-refractivity contribution is -0.262. The summed E-state index contributed by atoms with van der Waals surface area (Å²) in [6.07, 6.45) is 7.54. The van der Waals surface area contributed by atoms with Crippen LogP contribution in [-0.2, 0) is 21.6 Å². The minimum atomic E-state index is -0.300. The number of aromatic nitrogens is 4. The van der Waals surface area contributed by atoms with E-state index in [1.54, 1.807) is 20.2 Å². The van der Waals surface area contributed by atoms with Crippen LogP contribution in [0.2, 0.25) is 0 Å². The van der Waals surface area contributed by atoms with E-state index in [0.717, 1.165) is 37.7 Å². The number of imidazole rings is 1. The highest BCUT2D eigenvalue weighted by atomic mass is 16.5. The lowest BCUT2D eigenvalue weighted by atomic mass is 9.46. The molecule has 4 fully saturated rings. The van der Waals surface area contributed by atoms with Crippen LogP contribution in [0.15, 0.2) is 29.5 Å². The van der Waals surface area contributed by atoms with Crippen LogP contribution in [0.4, 0.5) is 22.0 Å². The number of ether oxygens (including phenoxy) is 2. The van der Waals surface area contributed by atoms with Gasteiger partial charge in [0.15, 0.2) is 5.65 Å². The monoisotopic (exact) mass is 477 g/mol. The van der Waals surface area contributed by atoms with Crippen LogP contribution in [0.3, 0.4) is 0 Å². The summed E-state index contributed by atoms with van der Waals surface area (Å²) in [4.78, 5) is 35.7. The lowest BCUT2D eigenvalue weighted by Gasteiger charge is -2.69. The summed E-state index contributed by atoms with van der Waals surface area (Å²) in [6, 6.07) is 3.25. The third kappa shape index (κ3) is 2.91. The molecule has 0 unspecified atom stereocenters. The molecule has 0 saturated heterocycles. The Morgan fingerprint density at radius 1 is 1.23 bits per heavy atom. The van der Waals surface area contributed by atoms with Gasteiger partial charge in [-0.15, -0.1) is 0 Å². The van der Waals surface area contributed by atoms with Crippen LogP contribution in [0.5, 0.6) is 0 Å². The van der Waals surface area contributed by atoms with Crippen LogP contribution in [0.25, 0.3) is 11.2 Å². The second-order valence-corrected chi connectivity index (χ2v) is 10.3. The molecule has 3 aromatic rings. The molecule has 3 N–H and O–H groups in total. The molecule has 4 saturated carbocycles. The van der Waals surface area contributed by atoms with Crippen molar-refractivity contribution >= 4 is 34.4 Å². The second-order valence-electron chi connectivity index (χ2n) is 10.3. The topological polar surface area (TPSA) is 124 Å². The zero-order valence-electron chi connectivity index (χ0n) is 19.6. The number of amides is 1. The van der Waals surface area contributed by atoms with Gasteiger partial charge in [-0.1, -0.05) is 0 Å². The Labute approximate surface area is 200 Å².